The van der Waals surface area contributed by atoms with E-state index in [1.165, 1.54) is 0 Å². The summed E-state index contributed by atoms with van der Waals surface area (Å²) in [5.74, 6) is -1.32. The van der Waals surface area contributed by atoms with E-state index in [1.807, 2.05) is 43.3 Å². The van der Waals surface area contributed by atoms with Gasteiger partial charge in [-0.05, 0) is 50.7 Å². The number of carbonyl (C=O) groups excluding carboxylic acids is 2. The molecular weight excluding hydrogens is 456 g/mol. The smallest absolute Gasteiger partial charge is 0.295 e. The van der Waals surface area contributed by atoms with Crippen molar-refractivity contribution in [3.63, 3.8) is 0 Å². The summed E-state index contributed by atoms with van der Waals surface area (Å²) < 4.78 is 0.856. The fraction of sp³-hybridized carbons (Fsp3) is 0.360. The van der Waals surface area contributed by atoms with Gasteiger partial charge in [0.1, 0.15) is 5.76 Å². The van der Waals surface area contributed by atoms with Crippen molar-refractivity contribution in [3.05, 3.63) is 75.3 Å². The number of benzene rings is 2. The average molecular weight is 485 g/mol. The van der Waals surface area contributed by atoms with Gasteiger partial charge in [0.15, 0.2) is 0 Å². The summed E-state index contributed by atoms with van der Waals surface area (Å²) in [7, 11) is 0. The SMILES string of the molecule is CCN(CC)CCCN1C(=O)C(=O)/C(=C(/O)c2ccc(C)cc2)C1c1cccc(Br)c1. The molecule has 0 aliphatic carbocycles. The van der Waals surface area contributed by atoms with Crippen LogP contribution in [0.25, 0.3) is 5.76 Å². The van der Waals surface area contributed by atoms with E-state index in [1.54, 1.807) is 17.0 Å². The summed E-state index contributed by atoms with van der Waals surface area (Å²) >= 11 is 3.49. The highest BCUT2D eigenvalue weighted by Gasteiger charge is 2.45. The number of aryl methyl sites for hydroxylation is 1. The fourth-order valence-electron chi connectivity index (χ4n) is 4.01. The van der Waals surface area contributed by atoms with Crippen molar-refractivity contribution in [1.82, 2.24) is 9.80 Å². The molecule has 1 heterocycles. The minimum Gasteiger partial charge on any atom is -0.507 e. The van der Waals surface area contributed by atoms with Crippen LogP contribution >= 0.6 is 15.9 Å². The molecule has 2 aromatic rings. The Morgan fingerprint density at radius 2 is 1.77 bits per heavy atom. The molecule has 1 fully saturated rings. The van der Waals surface area contributed by atoms with Crippen LogP contribution in [0.4, 0.5) is 0 Å². The topological polar surface area (TPSA) is 60.9 Å². The van der Waals surface area contributed by atoms with Crippen LogP contribution in [0, 0.1) is 6.92 Å². The number of likely N-dealkylation sites (tertiary alicyclic amines) is 1. The molecule has 0 aromatic heterocycles. The molecule has 1 N–H and O–H groups in total. The minimum absolute atomic E-state index is 0.130. The lowest BCUT2D eigenvalue weighted by Crippen LogP contribution is -2.33. The molecule has 5 nitrogen and oxygen atoms in total. The zero-order valence-electron chi connectivity index (χ0n) is 18.3. The number of halogens is 1. The zero-order chi connectivity index (χ0) is 22.5. The Balaban J connectivity index is 2.02. The van der Waals surface area contributed by atoms with Crippen molar-refractivity contribution >= 4 is 33.4 Å². The van der Waals surface area contributed by atoms with Crippen LogP contribution in [0.15, 0.2) is 58.6 Å². The first-order valence-electron chi connectivity index (χ1n) is 10.7. The summed E-state index contributed by atoms with van der Waals surface area (Å²) in [4.78, 5) is 29.9. The van der Waals surface area contributed by atoms with Crippen LogP contribution in [0.5, 0.6) is 0 Å². The Bertz CT molecular complexity index is 981. The number of rotatable bonds is 8. The molecular formula is C25H29BrN2O3. The Morgan fingerprint density at radius 1 is 1.10 bits per heavy atom. The highest BCUT2D eigenvalue weighted by Crippen LogP contribution is 2.40. The average Bonchev–Trinajstić information content (AvgIpc) is 3.01. The van der Waals surface area contributed by atoms with Crippen molar-refractivity contribution in [2.24, 2.45) is 0 Å². The van der Waals surface area contributed by atoms with E-state index in [9.17, 15) is 14.7 Å². The maximum Gasteiger partial charge on any atom is 0.295 e. The van der Waals surface area contributed by atoms with Crippen LogP contribution < -0.4 is 0 Å². The summed E-state index contributed by atoms with van der Waals surface area (Å²) in [6.45, 7) is 9.36. The van der Waals surface area contributed by atoms with Gasteiger partial charge in [0.05, 0.1) is 11.6 Å². The van der Waals surface area contributed by atoms with E-state index in [0.29, 0.717) is 12.1 Å². The molecule has 164 valence electrons. The fourth-order valence-corrected chi connectivity index (χ4v) is 4.42. The van der Waals surface area contributed by atoms with Crippen molar-refractivity contribution < 1.29 is 14.7 Å². The maximum absolute atomic E-state index is 13.0. The number of hydrogen-bond donors (Lipinski definition) is 1. The first-order chi connectivity index (χ1) is 14.9. The highest BCUT2D eigenvalue weighted by molar-refractivity contribution is 9.10. The normalized spacial score (nSPS) is 18.2. The Kier molecular flexibility index (Phi) is 7.68. The summed E-state index contributed by atoms with van der Waals surface area (Å²) in [6, 6.07) is 14.3. The van der Waals surface area contributed by atoms with Crippen LogP contribution in [0.1, 0.15) is 43.0 Å². The molecule has 6 heteroatoms. The minimum atomic E-state index is -0.633. The molecule has 1 aliphatic heterocycles. The number of Topliss-reactive ketones (excluding diaryl/α,β-unsaturated/α-hetero) is 1. The van der Waals surface area contributed by atoms with Crippen molar-refractivity contribution in [1.29, 1.82) is 0 Å². The lowest BCUT2D eigenvalue weighted by Gasteiger charge is -2.27. The van der Waals surface area contributed by atoms with Gasteiger partial charge in [-0.1, -0.05) is 71.7 Å². The Morgan fingerprint density at radius 3 is 2.39 bits per heavy atom. The van der Waals surface area contributed by atoms with Gasteiger partial charge >= 0.3 is 0 Å². The van der Waals surface area contributed by atoms with E-state index in [2.05, 4.69) is 34.7 Å². The zero-order valence-corrected chi connectivity index (χ0v) is 19.9. The molecule has 1 unspecified atom stereocenters. The van der Waals surface area contributed by atoms with E-state index in [4.69, 9.17) is 0 Å². The van der Waals surface area contributed by atoms with Gasteiger partial charge in [0, 0.05) is 16.6 Å². The molecule has 0 spiro atoms. The third-order valence-corrected chi connectivity index (χ3v) is 6.29. The van der Waals surface area contributed by atoms with E-state index >= 15 is 0 Å². The Labute approximate surface area is 192 Å². The summed E-state index contributed by atoms with van der Waals surface area (Å²) in [5.41, 5.74) is 2.53. The second kappa shape index (κ2) is 10.2. The first-order valence-corrected chi connectivity index (χ1v) is 11.5. The predicted molar refractivity (Wildman–Crippen MR) is 127 cm³/mol. The maximum atomic E-state index is 13.0. The molecule has 31 heavy (non-hydrogen) atoms. The van der Waals surface area contributed by atoms with E-state index in [-0.39, 0.29) is 11.3 Å². The number of aliphatic hydroxyl groups excluding tert-OH is 1. The molecule has 1 aliphatic rings. The van der Waals surface area contributed by atoms with Crippen LogP contribution in [-0.2, 0) is 9.59 Å². The molecule has 0 radical (unpaired) electrons. The monoisotopic (exact) mass is 484 g/mol. The van der Waals surface area contributed by atoms with E-state index < -0.39 is 17.7 Å². The highest BCUT2D eigenvalue weighted by atomic mass is 79.9. The van der Waals surface area contributed by atoms with Crippen LogP contribution in [-0.4, -0.2) is 52.8 Å². The molecule has 1 saturated heterocycles. The first kappa shape index (κ1) is 23.2. The molecule has 2 aromatic carbocycles. The van der Waals surface area contributed by atoms with Crippen LogP contribution in [0.3, 0.4) is 0 Å². The van der Waals surface area contributed by atoms with Crippen molar-refractivity contribution in [2.45, 2.75) is 33.2 Å². The lowest BCUT2D eigenvalue weighted by atomic mass is 9.95. The number of aliphatic hydroxyl groups is 1. The van der Waals surface area contributed by atoms with Gasteiger partial charge in [-0.2, -0.15) is 0 Å². The lowest BCUT2D eigenvalue weighted by molar-refractivity contribution is -0.140. The molecule has 1 atom stereocenters. The van der Waals surface area contributed by atoms with Gasteiger partial charge in [-0.25, -0.2) is 0 Å². The van der Waals surface area contributed by atoms with Crippen LogP contribution in [0.2, 0.25) is 0 Å². The second-order valence-corrected chi connectivity index (χ2v) is 8.71. The van der Waals surface area contributed by atoms with Gasteiger partial charge in [0.25, 0.3) is 11.7 Å². The number of carbonyl (C=O) groups is 2. The standard InChI is InChI=1S/C25H29BrN2O3/c1-4-27(5-2)14-7-15-28-22(19-8-6-9-20(26)16-19)21(24(30)25(28)31)23(29)18-12-10-17(3)11-13-18/h6,8-13,16,22,29H,4-5,7,14-15H2,1-3H3/b23-21+. The third kappa shape index (κ3) is 5.08. The van der Waals surface area contributed by atoms with Gasteiger partial charge in [-0.15, -0.1) is 0 Å². The molecule has 3 rings (SSSR count). The van der Waals surface area contributed by atoms with Gasteiger partial charge in [-0.3, -0.25) is 9.59 Å². The van der Waals surface area contributed by atoms with Gasteiger partial charge < -0.3 is 14.9 Å². The quantitative estimate of drug-likeness (QED) is 0.328. The summed E-state index contributed by atoms with van der Waals surface area (Å²) in [6.07, 6.45) is 0.754. The van der Waals surface area contributed by atoms with Gasteiger partial charge in [0.2, 0.25) is 0 Å². The summed E-state index contributed by atoms with van der Waals surface area (Å²) in [5, 5.41) is 11.1. The number of hydrogen-bond acceptors (Lipinski definition) is 4. The largest absolute Gasteiger partial charge is 0.507 e. The number of amides is 1. The Hall–Kier alpha value is -2.44. The van der Waals surface area contributed by atoms with Crippen molar-refractivity contribution in [2.75, 3.05) is 26.2 Å². The molecule has 0 saturated carbocycles. The number of nitrogens with zero attached hydrogens (tertiary/aromatic N) is 2. The third-order valence-electron chi connectivity index (χ3n) is 5.80. The van der Waals surface area contributed by atoms with E-state index in [0.717, 1.165) is 41.7 Å². The number of ketones is 1. The predicted octanol–water partition coefficient (Wildman–Crippen LogP) is 4.91. The molecule has 0 bridgehead atoms. The second-order valence-electron chi connectivity index (χ2n) is 7.79. The van der Waals surface area contributed by atoms with Crippen molar-refractivity contribution in [3.8, 4) is 0 Å². The molecule has 1 amide bonds.